The number of rotatable bonds is 4. The standard InChI is InChI=1S/C17H19FN2O4S/c1-12-8-11-24-16(12)17(21)19-13-6-9-20(10-7-13)25(22,23)15-5-3-2-4-14(15)18/h2-5,8,11,13H,6-7,9-10H2,1H3,(H,19,21). The minimum atomic E-state index is -3.87. The van der Waals surface area contributed by atoms with E-state index in [0.717, 1.165) is 11.6 Å². The smallest absolute Gasteiger partial charge is 0.287 e. The van der Waals surface area contributed by atoms with Gasteiger partial charge in [0.15, 0.2) is 5.76 Å². The summed E-state index contributed by atoms with van der Waals surface area (Å²) in [5.41, 5.74) is 0.747. The Bertz CT molecular complexity index is 870. The minimum Gasteiger partial charge on any atom is -0.459 e. The second-order valence-corrected chi connectivity index (χ2v) is 7.92. The maximum Gasteiger partial charge on any atom is 0.287 e. The highest BCUT2D eigenvalue weighted by Gasteiger charge is 2.32. The molecular weight excluding hydrogens is 347 g/mol. The van der Waals surface area contributed by atoms with Gasteiger partial charge < -0.3 is 9.73 Å². The predicted octanol–water partition coefficient (Wildman–Crippen LogP) is 2.31. The third-order valence-corrected chi connectivity index (χ3v) is 6.24. The average molecular weight is 366 g/mol. The molecule has 6 nitrogen and oxygen atoms in total. The van der Waals surface area contributed by atoms with E-state index < -0.39 is 15.8 Å². The molecule has 3 rings (SSSR count). The zero-order chi connectivity index (χ0) is 18.0. The summed E-state index contributed by atoms with van der Waals surface area (Å²) in [6.07, 6.45) is 2.37. The number of furan rings is 1. The fourth-order valence-electron chi connectivity index (χ4n) is 2.89. The van der Waals surface area contributed by atoms with E-state index in [0.29, 0.717) is 12.8 Å². The maximum absolute atomic E-state index is 13.8. The highest BCUT2D eigenvalue weighted by Crippen LogP contribution is 2.23. The predicted molar refractivity (Wildman–Crippen MR) is 89.1 cm³/mol. The number of amides is 1. The highest BCUT2D eigenvalue weighted by molar-refractivity contribution is 7.89. The van der Waals surface area contributed by atoms with Crippen molar-refractivity contribution < 1.29 is 22.0 Å². The molecule has 0 saturated carbocycles. The van der Waals surface area contributed by atoms with Gasteiger partial charge >= 0.3 is 0 Å². The first kappa shape index (κ1) is 17.6. The Labute approximate surface area is 145 Å². The van der Waals surface area contributed by atoms with Crippen molar-refractivity contribution in [1.29, 1.82) is 0 Å². The molecule has 2 aromatic rings. The van der Waals surface area contributed by atoms with Gasteiger partial charge in [0.25, 0.3) is 5.91 Å². The van der Waals surface area contributed by atoms with Crippen LogP contribution in [0.5, 0.6) is 0 Å². The van der Waals surface area contributed by atoms with Crippen LogP contribution >= 0.6 is 0 Å². The molecule has 8 heteroatoms. The lowest BCUT2D eigenvalue weighted by molar-refractivity contribution is 0.0895. The zero-order valence-electron chi connectivity index (χ0n) is 13.7. The summed E-state index contributed by atoms with van der Waals surface area (Å²) >= 11 is 0. The Morgan fingerprint density at radius 2 is 1.92 bits per heavy atom. The van der Waals surface area contributed by atoms with Crippen LogP contribution in [0, 0.1) is 12.7 Å². The molecule has 25 heavy (non-hydrogen) atoms. The van der Waals surface area contributed by atoms with Crippen molar-refractivity contribution >= 4 is 15.9 Å². The summed E-state index contributed by atoms with van der Waals surface area (Å²) in [6, 6.07) is 6.90. The number of halogens is 1. The van der Waals surface area contributed by atoms with Crippen LogP contribution in [0.1, 0.15) is 29.0 Å². The van der Waals surface area contributed by atoms with E-state index in [4.69, 9.17) is 4.42 Å². The number of hydrogen-bond acceptors (Lipinski definition) is 4. The third kappa shape index (κ3) is 3.59. The van der Waals surface area contributed by atoms with Gasteiger partial charge in [-0.05, 0) is 38.0 Å². The van der Waals surface area contributed by atoms with Crippen molar-refractivity contribution in [1.82, 2.24) is 9.62 Å². The first-order valence-corrected chi connectivity index (χ1v) is 9.43. The average Bonchev–Trinajstić information content (AvgIpc) is 3.02. The van der Waals surface area contributed by atoms with Crippen LogP contribution in [0.15, 0.2) is 45.9 Å². The first-order valence-electron chi connectivity index (χ1n) is 7.99. The largest absolute Gasteiger partial charge is 0.459 e. The summed E-state index contributed by atoms with van der Waals surface area (Å²) in [7, 11) is -3.87. The van der Waals surface area contributed by atoms with Crippen molar-refractivity contribution in [3.63, 3.8) is 0 Å². The van der Waals surface area contributed by atoms with Crippen molar-refractivity contribution in [2.75, 3.05) is 13.1 Å². The van der Waals surface area contributed by atoms with Crippen LogP contribution < -0.4 is 5.32 Å². The monoisotopic (exact) mass is 366 g/mol. The summed E-state index contributed by atoms with van der Waals surface area (Å²) in [4.78, 5) is 11.8. The van der Waals surface area contributed by atoms with E-state index in [1.54, 1.807) is 13.0 Å². The molecule has 1 saturated heterocycles. The highest BCUT2D eigenvalue weighted by atomic mass is 32.2. The van der Waals surface area contributed by atoms with Crippen molar-refractivity contribution in [3.05, 3.63) is 53.7 Å². The molecule has 0 aliphatic carbocycles. The quantitative estimate of drug-likeness (QED) is 0.901. The molecule has 0 bridgehead atoms. The molecule has 0 radical (unpaired) electrons. The van der Waals surface area contributed by atoms with E-state index in [-0.39, 0.29) is 35.7 Å². The number of nitrogens with zero attached hydrogens (tertiary/aromatic N) is 1. The summed E-state index contributed by atoms with van der Waals surface area (Å²) in [6.45, 7) is 2.22. The van der Waals surface area contributed by atoms with E-state index in [9.17, 15) is 17.6 Å². The van der Waals surface area contributed by atoms with Gasteiger partial charge in [0.05, 0.1) is 6.26 Å². The van der Waals surface area contributed by atoms with Gasteiger partial charge in [0.1, 0.15) is 10.7 Å². The van der Waals surface area contributed by atoms with E-state index >= 15 is 0 Å². The second-order valence-electron chi connectivity index (χ2n) is 6.01. The summed E-state index contributed by atoms with van der Waals surface area (Å²) in [5.74, 6) is -0.800. The molecule has 2 heterocycles. The molecule has 1 N–H and O–H groups in total. The summed E-state index contributed by atoms with van der Waals surface area (Å²) < 4.78 is 45.3. The molecule has 134 valence electrons. The van der Waals surface area contributed by atoms with Gasteiger partial charge in [0, 0.05) is 24.7 Å². The van der Waals surface area contributed by atoms with Crippen LogP contribution in [-0.2, 0) is 10.0 Å². The molecular formula is C17H19FN2O4S. The number of aryl methyl sites for hydroxylation is 1. The Balaban J connectivity index is 1.63. The van der Waals surface area contributed by atoms with E-state index in [1.165, 1.54) is 28.8 Å². The summed E-state index contributed by atoms with van der Waals surface area (Å²) in [5, 5.41) is 2.86. The number of piperidine rings is 1. The fraction of sp³-hybridized carbons (Fsp3) is 0.353. The minimum absolute atomic E-state index is 0.149. The normalized spacial score (nSPS) is 16.7. The topological polar surface area (TPSA) is 79.6 Å². The molecule has 1 aliphatic rings. The van der Waals surface area contributed by atoms with E-state index in [2.05, 4.69) is 5.32 Å². The van der Waals surface area contributed by atoms with Crippen LogP contribution in [-0.4, -0.2) is 37.8 Å². The molecule has 0 unspecified atom stereocenters. The Morgan fingerprint density at radius 3 is 2.52 bits per heavy atom. The van der Waals surface area contributed by atoms with Crippen molar-refractivity contribution in [2.45, 2.75) is 30.7 Å². The number of sulfonamides is 1. The molecule has 0 atom stereocenters. The lowest BCUT2D eigenvalue weighted by Crippen LogP contribution is -2.46. The number of hydrogen-bond donors (Lipinski definition) is 1. The molecule has 1 aromatic heterocycles. The van der Waals surface area contributed by atoms with Crippen LogP contribution in [0.4, 0.5) is 4.39 Å². The van der Waals surface area contributed by atoms with Crippen LogP contribution in [0.3, 0.4) is 0 Å². The van der Waals surface area contributed by atoms with Gasteiger partial charge in [-0.2, -0.15) is 4.31 Å². The number of carbonyl (C=O) groups is 1. The lowest BCUT2D eigenvalue weighted by atomic mass is 10.1. The number of benzene rings is 1. The lowest BCUT2D eigenvalue weighted by Gasteiger charge is -2.31. The van der Waals surface area contributed by atoms with Crippen molar-refractivity contribution in [2.24, 2.45) is 0 Å². The molecule has 0 spiro atoms. The molecule has 1 fully saturated rings. The molecule has 1 amide bonds. The molecule has 1 aromatic carbocycles. The second kappa shape index (κ2) is 6.97. The first-order chi connectivity index (χ1) is 11.9. The fourth-order valence-corrected chi connectivity index (χ4v) is 4.42. The Morgan fingerprint density at radius 1 is 1.24 bits per heavy atom. The number of nitrogens with one attached hydrogen (secondary N) is 1. The van der Waals surface area contributed by atoms with Gasteiger partial charge in [-0.15, -0.1) is 0 Å². The van der Waals surface area contributed by atoms with Crippen LogP contribution in [0.25, 0.3) is 0 Å². The Hall–Kier alpha value is -2.19. The SMILES string of the molecule is Cc1ccoc1C(=O)NC1CCN(S(=O)(=O)c2ccccc2F)CC1. The Kier molecular flexibility index (Phi) is 4.91. The van der Waals surface area contributed by atoms with Gasteiger partial charge in [0.2, 0.25) is 10.0 Å². The maximum atomic E-state index is 13.8. The zero-order valence-corrected chi connectivity index (χ0v) is 14.6. The van der Waals surface area contributed by atoms with Crippen molar-refractivity contribution in [3.8, 4) is 0 Å². The third-order valence-electron chi connectivity index (χ3n) is 4.31. The number of carbonyl (C=O) groups excluding carboxylic acids is 1. The van der Waals surface area contributed by atoms with Gasteiger partial charge in [-0.25, -0.2) is 12.8 Å². The van der Waals surface area contributed by atoms with E-state index in [1.807, 2.05) is 0 Å². The van der Waals surface area contributed by atoms with Crippen LogP contribution in [0.2, 0.25) is 0 Å². The van der Waals surface area contributed by atoms with Gasteiger partial charge in [-0.1, -0.05) is 12.1 Å². The van der Waals surface area contributed by atoms with Gasteiger partial charge in [-0.3, -0.25) is 4.79 Å². The molecule has 1 aliphatic heterocycles.